The summed E-state index contributed by atoms with van der Waals surface area (Å²) < 4.78 is 29.7. The minimum absolute atomic E-state index is 0.211. The first-order valence-electron chi connectivity index (χ1n) is 4.36. The van der Waals surface area contributed by atoms with Crippen LogP contribution in [-0.2, 0) is 20.7 Å². The molecule has 0 unspecified atom stereocenters. The molecule has 0 spiro atoms. The van der Waals surface area contributed by atoms with Crippen LogP contribution in [0.2, 0.25) is 0 Å². The number of carbonyl (C=O) groups is 1. The van der Waals surface area contributed by atoms with Crippen LogP contribution in [0.3, 0.4) is 0 Å². The fourth-order valence-corrected chi connectivity index (χ4v) is 1.72. The van der Waals surface area contributed by atoms with Crippen molar-refractivity contribution in [2.45, 2.75) is 5.75 Å². The average molecular weight is 245 g/mol. The van der Waals surface area contributed by atoms with E-state index in [0.717, 1.165) is 0 Å². The minimum atomic E-state index is -4.03. The van der Waals surface area contributed by atoms with E-state index in [0.29, 0.717) is 11.3 Å². The number of carboxylic acids is 1. The summed E-state index contributed by atoms with van der Waals surface area (Å²) in [5.41, 5.74) is 1.00. The quantitative estimate of drug-likeness (QED) is 0.655. The Kier molecular flexibility index (Phi) is 3.86. The lowest BCUT2D eigenvalue weighted by Gasteiger charge is -2.04. The minimum Gasteiger partial charge on any atom is -0.480 e. The van der Waals surface area contributed by atoms with Crippen molar-refractivity contribution in [3.8, 4) is 0 Å². The molecular weight excluding hydrogens is 234 g/mol. The van der Waals surface area contributed by atoms with E-state index in [9.17, 15) is 13.2 Å². The van der Waals surface area contributed by atoms with Crippen LogP contribution in [0.1, 0.15) is 5.56 Å². The van der Waals surface area contributed by atoms with Crippen LogP contribution in [0.5, 0.6) is 0 Å². The summed E-state index contributed by atoms with van der Waals surface area (Å²) in [5, 5.41) is 11.0. The third-order valence-electron chi connectivity index (χ3n) is 1.75. The van der Waals surface area contributed by atoms with Gasteiger partial charge in [0.05, 0.1) is 0 Å². The number of hydrogen-bond acceptors (Lipinski definition) is 4. The zero-order valence-electron chi connectivity index (χ0n) is 8.25. The number of hydrogen-bond donors (Lipinski definition) is 3. The van der Waals surface area contributed by atoms with Crippen LogP contribution in [0.4, 0.5) is 5.69 Å². The molecule has 16 heavy (non-hydrogen) atoms. The Balaban J connectivity index is 2.64. The van der Waals surface area contributed by atoms with Crippen molar-refractivity contribution >= 4 is 21.8 Å². The van der Waals surface area contributed by atoms with Crippen molar-refractivity contribution in [3.05, 3.63) is 29.8 Å². The molecule has 88 valence electrons. The van der Waals surface area contributed by atoms with E-state index >= 15 is 0 Å². The number of anilines is 1. The molecule has 0 heterocycles. The highest BCUT2D eigenvalue weighted by atomic mass is 32.2. The van der Waals surface area contributed by atoms with Gasteiger partial charge in [0.2, 0.25) is 0 Å². The van der Waals surface area contributed by atoms with E-state index in [4.69, 9.17) is 9.66 Å². The highest BCUT2D eigenvalue weighted by Crippen LogP contribution is 2.11. The van der Waals surface area contributed by atoms with Gasteiger partial charge in [-0.15, -0.1) is 0 Å². The average Bonchev–Trinajstić information content (AvgIpc) is 2.14. The van der Waals surface area contributed by atoms with Crippen LogP contribution < -0.4 is 5.32 Å². The number of benzene rings is 1. The van der Waals surface area contributed by atoms with Crippen LogP contribution in [0.25, 0.3) is 0 Å². The van der Waals surface area contributed by atoms with Gasteiger partial charge in [-0.3, -0.25) is 9.35 Å². The fraction of sp³-hybridized carbons (Fsp3) is 0.222. The Morgan fingerprint density at radius 2 is 1.81 bits per heavy atom. The van der Waals surface area contributed by atoms with Gasteiger partial charge in [0, 0.05) is 5.69 Å². The first kappa shape index (κ1) is 12.5. The largest absolute Gasteiger partial charge is 0.480 e. The lowest BCUT2D eigenvalue weighted by atomic mass is 10.2. The zero-order chi connectivity index (χ0) is 12.2. The second-order valence-corrected chi connectivity index (χ2v) is 4.62. The normalized spacial score (nSPS) is 11.1. The summed E-state index contributed by atoms with van der Waals surface area (Å²) in [6.07, 6.45) is 0. The summed E-state index contributed by atoms with van der Waals surface area (Å²) in [5.74, 6) is -1.44. The number of carboxylic acid groups (broad SMARTS) is 1. The van der Waals surface area contributed by atoms with Gasteiger partial charge in [-0.25, -0.2) is 0 Å². The van der Waals surface area contributed by atoms with Gasteiger partial charge in [-0.1, -0.05) is 12.1 Å². The molecule has 0 saturated heterocycles. The Bertz CT molecular complexity index is 465. The van der Waals surface area contributed by atoms with Crippen molar-refractivity contribution in [2.24, 2.45) is 0 Å². The van der Waals surface area contributed by atoms with Gasteiger partial charge in [0.25, 0.3) is 10.1 Å². The van der Waals surface area contributed by atoms with Crippen molar-refractivity contribution in [1.29, 1.82) is 0 Å². The predicted molar refractivity (Wildman–Crippen MR) is 57.8 cm³/mol. The molecular formula is C9H11NO5S. The molecule has 1 aromatic rings. The monoisotopic (exact) mass is 245 g/mol. The molecule has 0 amide bonds. The lowest BCUT2D eigenvalue weighted by Crippen LogP contribution is -2.12. The predicted octanol–water partition coefficient (Wildman–Crippen LogP) is 0.571. The number of rotatable bonds is 5. The smallest absolute Gasteiger partial charge is 0.322 e. The lowest BCUT2D eigenvalue weighted by molar-refractivity contribution is -0.134. The van der Waals surface area contributed by atoms with Crippen molar-refractivity contribution in [2.75, 3.05) is 11.9 Å². The molecule has 1 aromatic carbocycles. The van der Waals surface area contributed by atoms with Crippen molar-refractivity contribution in [3.63, 3.8) is 0 Å². The summed E-state index contributed by atoms with van der Waals surface area (Å²) in [6, 6.07) is 6.09. The Hall–Kier alpha value is -1.60. The van der Waals surface area contributed by atoms with E-state index in [1.165, 1.54) is 12.1 Å². The molecule has 7 heteroatoms. The highest BCUT2D eigenvalue weighted by Gasteiger charge is 2.06. The summed E-state index contributed by atoms with van der Waals surface area (Å²) >= 11 is 0. The van der Waals surface area contributed by atoms with Crippen LogP contribution >= 0.6 is 0 Å². The maximum absolute atomic E-state index is 10.6. The molecule has 0 aliphatic rings. The second-order valence-electron chi connectivity index (χ2n) is 3.17. The third kappa shape index (κ3) is 4.76. The maximum Gasteiger partial charge on any atom is 0.322 e. The summed E-state index contributed by atoms with van der Waals surface area (Å²) in [4.78, 5) is 10.3. The highest BCUT2D eigenvalue weighted by molar-refractivity contribution is 7.85. The van der Waals surface area contributed by atoms with Crippen LogP contribution in [0.15, 0.2) is 24.3 Å². The molecule has 0 aliphatic carbocycles. The van der Waals surface area contributed by atoms with Crippen LogP contribution in [0, 0.1) is 0 Å². The van der Waals surface area contributed by atoms with Gasteiger partial charge in [-0.05, 0) is 17.7 Å². The third-order valence-corrected chi connectivity index (χ3v) is 2.44. The Labute approximate surface area is 92.7 Å². The first-order chi connectivity index (χ1) is 7.37. The van der Waals surface area contributed by atoms with Gasteiger partial charge >= 0.3 is 5.97 Å². The number of aliphatic carboxylic acids is 1. The first-order valence-corrected chi connectivity index (χ1v) is 5.97. The van der Waals surface area contributed by atoms with E-state index in [1.54, 1.807) is 12.1 Å². The van der Waals surface area contributed by atoms with E-state index in [1.807, 2.05) is 0 Å². The van der Waals surface area contributed by atoms with Gasteiger partial charge < -0.3 is 10.4 Å². The molecule has 6 nitrogen and oxygen atoms in total. The molecule has 0 fully saturated rings. The zero-order valence-corrected chi connectivity index (χ0v) is 9.07. The topological polar surface area (TPSA) is 104 Å². The van der Waals surface area contributed by atoms with E-state index < -0.39 is 21.8 Å². The number of nitrogens with one attached hydrogen (secondary N) is 1. The molecule has 3 N–H and O–H groups in total. The Morgan fingerprint density at radius 3 is 2.25 bits per heavy atom. The molecule has 0 aliphatic heterocycles. The molecule has 0 atom stereocenters. The molecule has 1 rings (SSSR count). The van der Waals surface area contributed by atoms with Crippen molar-refractivity contribution in [1.82, 2.24) is 0 Å². The molecule has 0 bridgehead atoms. The summed E-state index contributed by atoms with van der Waals surface area (Å²) in [6.45, 7) is -0.211. The molecule has 0 saturated carbocycles. The summed E-state index contributed by atoms with van der Waals surface area (Å²) in [7, 11) is -4.03. The molecule has 0 aromatic heterocycles. The van der Waals surface area contributed by atoms with E-state index in [-0.39, 0.29) is 6.54 Å². The van der Waals surface area contributed by atoms with Crippen molar-refractivity contribution < 1.29 is 22.9 Å². The van der Waals surface area contributed by atoms with Gasteiger partial charge in [0.1, 0.15) is 12.3 Å². The SMILES string of the molecule is O=C(O)CNc1ccc(CS(=O)(=O)O)cc1. The van der Waals surface area contributed by atoms with E-state index in [2.05, 4.69) is 5.32 Å². The maximum atomic E-state index is 10.6. The Morgan fingerprint density at radius 1 is 1.25 bits per heavy atom. The van der Waals surface area contributed by atoms with Gasteiger partial charge in [-0.2, -0.15) is 8.42 Å². The van der Waals surface area contributed by atoms with Crippen LogP contribution in [-0.4, -0.2) is 30.6 Å². The fourth-order valence-electron chi connectivity index (χ4n) is 1.11. The molecule has 0 radical (unpaired) electrons. The standard InChI is InChI=1S/C9H11NO5S/c11-9(12)5-10-8-3-1-7(2-4-8)6-16(13,14)15/h1-4,10H,5-6H2,(H,11,12)(H,13,14,15). The van der Waals surface area contributed by atoms with Gasteiger partial charge in [0.15, 0.2) is 0 Å². The second kappa shape index (κ2) is 4.95.